The molecule has 115 valence electrons. The van der Waals surface area contributed by atoms with E-state index in [-0.39, 0.29) is 5.97 Å². The minimum Gasteiger partial charge on any atom is -0.459 e. The van der Waals surface area contributed by atoms with Gasteiger partial charge in [-0.1, -0.05) is 13.8 Å². The van der Waals surface area contributed by atoms with E-state index in [1.54, 1.807) is 0 Å². The molecular formula is C15H28N3O2. The number of hydrogen-bond acceptors (Lipinski definition) is 5. The highest BCUT2D eigenvalue weighted by atomic mass is 16.6. The van der Waals surface area contributed by atoms with Crippen molar-refractivity contribution >= 4 is 5.97 Å². The predicted octanol–water partition coefficient (Wildman–Crippen LogP) is 1.75. The van der Waals surface area contributed by atoms with E-state index in [4.69, 9.17) is 10.00 Å². The number of nitrogens with one attached hydrogen (secondary N) is 1. The number of esters is 1. The van der Waals surface area contributed by atoms with Crippen LogP contribution in [-0.4, -0.2) is 49.2 Å². The minimum atomic E-state index is -0.686. The lowest BCUT2D eigenvalue weighted by Crippen LogP contribution is -2.39. The number of carbonyl (C=O) groups excluding carboxylic acids is 1. The van der Waals surface area contributed by atoms with E-state index in [0.717, 1.165) is 19.6 Å². The normalized spacial score (nSPS) is 13.8. The van der Waals surface area contributed by atoms with Crippen molar-refractivity contribution in [2.24, 2.45) is 0 Å². The molecule has 0 amide bonds. The third-order valence-corrected chi connectivity index (χ3v) is 3.31. The van der Waals surface area contributed by atoms with E-state index in [1.165, 1.54) is 6.92 Å². The van der Waals surface area contributed by atoms with Gasteiger partial charge >= 0.3 is 5.97 Å². The van der Waals surface area contributed by atoms with Gasteiger partial charge in [-0.3, -0.25) is 4.79 Å². The van der Waals surface area contributed by atoms with Gasteiger partial charge in [0.15, 0.2) is 0 Å². The summed E-state index contributed by atoms with van der Waals surface area (Å²) in [7, 11) is 0. The fraction of sp³-hybridized carbons (Fsp3) is 0.800. The van der Waals surface area contributed by atoms with Crippen LogP contribution in [0, 0.1) is 18.3 Å². The molecule has 5 nitrogen and oxygen atoms in total. The van der Waals surface area contributed by atoms with Gasteiger partial charge < -0.3 is 15.0 Å². The van der Waals surface area contributed by atoms with Gasteiger partial charge in [-0.25, -0.2) is 0 Å². The van der Waals surface area contributed by atoms with Gasteiger partial charge in [0.05, 0.1) is 6.07 Å². The highest BCUT2D eigenvalue weighted by Gasteiger charge is 2.27. The van der Waals surface area contributed by atoms with E-state index in [9.17, 15) is 4.79 Å². The molecule has 1 N–H and O–H groups in total. The fourth-order valence-electron chi connectivity index (χ4n) is 2.02. The summed E-state index contributed by atoms with van der Waals surface area (Å²) in [5.74, 6) is -0.295. The summed E-state index contributed by atoms with van der Waals surface area (Å²) in [5, 5.41) is 11.6. The maximum Gasteiger partial charge on any atom is 0.303 e. The summed E-state index contributed by atoms with van der Waals surface area (Å²) < 4.78 is 5.40. The molecule has 0 spiro atoms. The molecule has 0 aliphatic rings. The molecule has 0 aromatic carbocycles. The second-order valence-corrected chi connectivity index (χ2v) is 4.96. The quantitative estimate of drug-likeness (QED) is 0.462. The van der Waals surface area contributed by atoms with Crippen molar-refractivity contribution in [2.45, 2.75) is 45.6 Å². The molecule has 1 unspecified atom stereocenters. The first kappa shape index (κ1) is 18.9. The van der Waals surface area contributed by atoms with Crippen LogP contribution in [0.15, 0.2) is 0 Å². The van der Waals surface area contributed by atoms with E-state index in [2.05, 4.69) is 37.1 Å². The minimum absolute atomic E-state index is 0.295. The molecule has 0 aliphatic heterocycles. The zero-order chi connectivity index (χ0) is 15.4. The SMILES string of the molecule is [CH2]C(CCNCCC#N)(CCN(CC)CC)OC(C)=O. The van der Waals surface area contributed by atoms with Crippen LogP contribution in [0.3, 0.4) is 0 Å². The van der Waals surface area contributed by atoms with Gasteiger partial charge in [0, 0.05) is 26.4 Å². The zero-order valence-corrected chi connectivity index (χ0v) is 13.1. The van der Waals surface area contributed by atoms with E-state index < -0.39 is 5.60 Å². The first-order valence-corrected chi connectivity index (χ1v) is 7.32. The molecule has 0 bridgehead atoms. The Bertz CT molecular complexity index is 311. The number of ether oxygens (including phenoxy) is 1. The van der Waals surface area contributed by atoms with Crippen molar-refractivity contribution in [1.82, 2.24) is 10.2 Å². The Labute approximate surface area is 123 Å². The zero-order valence-electron chi connectivity index (χ0n) is 13.1. The lowest BCUT2D eigenvalue weighted by Gasteiger charge is -2.31. The molecule has 0 fully saturated rings. The van der Waals surface area contributed by atoms with Crippen LogP contribution >= 0.6 is 0 Å². The molecule has 1 radical (unpaired) electrons. The Balaban J connectivity index is 4.27. The van der Waals surface area contributed by atoms with Gasteiger partial charge in [0.25, 0.3) is 0 Å². The Morgan fingerprint density at radius 1 is 1.35 bits per heavy atom. The van der Waals surface area contributed by atoms with Gasteiger partial charge in [-0.2, -0.15) is 5.26 Å². The molecule has 0 saturated heterocycles. The van der Waals surface area contributed by atoms with Crippen LogP contribution < -0.4 is 5.32 Å². The lowest BCUT2D eigenvalue weighted by molar-refractivity contribution is -0.154. The third-order valence-electron chi connectivity index (χ3n) is 3.31. The van der Waals surface area contributed by atoms with Crippen molar-refractivity contribution in [2.75, 3.05) is 32.7 Å². The molecule has 1 atom stereocenters. The van der Waals surface area contributed by atoms with Crippen LogP contribution in [0.1, 0.15) is 40.0 Å². The van der Waals surface area contributed by atoms with E-state index >= 15 is 0 Å². The largest absolute Gasteiger partial charge is 0.459 e. The third kappa shape index (κ3) is 8.89. The molecule has 0 aromatic heterocycles. The summed E-state index contributed by atoms with van der Waals surface area (Å²) in [4.78, 5) is 13.5. The Hall–Kier alpha value is -1.12. The van der Waals surface area contributed by atoms with Crippen LogP contribution in [-0.2, 0) is 9.53 Å². The molecule has 0 heterocycles. The maximum absolute atomic E-state index is 11.2. The molecule has 20 heavy (non-hydrogen) atoms. The van der Waals surface area contributed by atoms with Gasteiger partial charge in [0.2, 0.25) is 0 Å². The first-order chi connectivity index (χ1) is 9.47. The van der Waals surface area contributed by atoms with Crippen LogP contribution in [0.4, 0.5) is 0 Å². The standard InChI is InChI=1S/C15H28N3O2/c1-5-18(6-2)13-9-15(4,20-14(3)19)8-12-17-11-7-10-16/h17H,4-9,11-13H2,1-3H3. The average Bonchev–Trinajstić information content (AvgIpc) is 2.39. The molecular weight excluding hydrogens is 254 g/mol. The summed E-state index contributed by atoms with van der Waals surface area (Å²) in [6, 6.07) is 2.08. The van der Waals surface area contributed by atoms with Crippen LogP contribution in [0.5, 0.6) is 0 Å². The second-order valence-electron chi connectivity index (χ2n) is 4.96. The summed E-state index contributed by atoms with van der Waals surface area (Å²) >= 11 is 0. The lowest BCUT2D eigenvalue weighted by atomic mass is 9.97. The summed E-state index contributed by atoms with van der Waals surface area (Å²) in [6.45, 7) is 13.9. The van der Waals surface area contributed by atoms with Crippen molar-refractivity contribution in [1.29, 1.82) is 5.26 Å². The number of hydrogen-bond donors (Lipinski definition) is 1. The average molecular weight is 282 g/mol. The second kappa shape index (κ2) is 10.6. The molecule has 0 aliphatic carbocycles. The number of rotatable bonds is 11. The van der Waals surface area contributed by atoms with Crippen molar-refractivity contribution < 1.29 is 9.53 Å². The van der Waals surface area contributed by atoms with Crippen LogP contribution in [0.2, 0.25) is 0 Å². The van der Waals surface area contributed by atoms with Gasteiger partial charge in [-0.15, -0.1) is 0 Å². The number of carbonyl (C=O) groups is 1. The van der Waals surface area contributed by atoms with Gasteiger partial charge in [-0.05, 0) is 39.4 Å². The summed E-state index contributed by atoms with van der Waals surface area (Å²) in [5.41, 5.74) is -0.686. The van der Waals surface area contributed by atoms with Crippen molar-refractivity contribution in [3.05, 3.63) is 6.92 Å². The highest BCUT2D eigenvalue weighted by Crippen LogP contribution is 2.20. The maximum atomic E-state index is 11.2. The highest BCUT2D eigenvalue weighted by molar-refractivity contribution is 5.66. The Kier molecular flexibility index (Phi) is 10.0. The van der Waals surface area contributed by atoms with Crippen molar-refractivity contribution in [3.63, 3.8) is 0 Å². The monoisotopic (exact) mass is 282 g/mol. The van der Waals surface area contributed by atoms with E-state index in [0.29, 0.717) is 32.4 Å². The molecule has 0 rings (SSSR count). The Morgan fingerprint density at radius 3 is 2.50 bits per heavy atom. The first-order valence-electron chi connectivity index (χ1n) is 7.32. The van der Waals surface area contributed by atoms with E-state index in [1.807, 2.05) is 0 Å². The van der Waals surface area contributed by atoms with Gasteiger partial charge in [0.1, 0.15) is 5.60 Å². The molecule has 0 saturated carbocycles. The Morgan fingerprint density at radius 2 is 2.00 bits per heavy atom. The predicted molar refractivity (Wildman–Crippen MR) is 80.0 cm³/mol. The fourth-order valence-corrected chi connectivity index (χ4v) is 2.02. The summed E-state index contributed by atoms with van der Waals surface area (Å²) in [6.07, 6.45) is 1.85. The van der Waals surface area contributed by atoms with Crippen molar-refractivity contribution in [3.8, 4) is 6.07 Å². The number of nitriles is 1. The molecule has 5 heteroatoms. The number of nitrogens with zero attached hydrogens (tertiary/aromatic N) is 2. The van der Waals surface area contributed by atoms with Crippen LogP contribution in [0.25, 0.3) is 0 Å². The topological polar surface area (TPSA) is 65.4 Å². The molecule has 0 aromatic rings. The smallest absolute Gasteiger partial charge is 0.303 e.